The minimum absolute atomic E-state index is 1.06. The molecule has 0 saturated heterocycles. The first-order chi connectivity index (χ1) is 6.36. The molecule has 1 aromatic rings. The van der Waals surface area contributed by atoms with Crippen LogP contribution in [0.5, 0.6) is 0 Å². The van der Waals surface area contributed by atoms with Gasteiger partial charge in [-0.05, 0) is 30.7 Å². The number of hydrogen-bond donors (Lipinski definition) is 2. The summed E-state index contributed by atoms with van der Waals surface area (Å²) in [5, 5.41) is 6.46. The van der Waals surface area contributed by atoms with Gasteiger partial charge in [-0.3, -0.25) is 0 Å². The molecule has 0 heterocycles. The molecule has 2 N–H and O–H groups in total. The second-order valence-corrected chi connectivity index (χ2v) is 3.11. The van der Waals surface area contributed by atoms with Gasteiger partial charge < -0.3 is 10.6 Å². The van der Waals surface area contributed by atoms with E-state index in [0.717, 1.165) is 12.2 Å². The van der Waals surface area contributed by atoms with Crippen LogP contribution in [0.4, 0.5) is 11.4 Å². The Morgan fingerprint density at radius 1 is 1.08 bits per heavy atom. The van der Waals surface area contributed by atoms with Crippen LogP contribution in [0.1, 0.15) is 19.8 Å². The highest BCUT2D eigenvalue weighted by molar-refractivity contribution is 5.53. The second kappa shape index (κ2) is 5.46. The average molecular weight is 178 g/mol. The van der Waals surface area contributed by atoms with Crippen LogP contribution in [-0.2, 0) is 0 Å². The van der Waals surface area contributed by atoms with Gasteiger partial charge >= 0.3 is 0 Å². The van der Waals surface area contributed by atoms with Crippen molar-refractivity contribution in [3.05, 3.63) is 24.3 Å². The third kappa shape index (κ3) is 3.36. The van der Waals surface area contributed by atoms with Gasteiger partial charge in [-0.25, -0.2) is 0 Å². The van der Waals surface area contributed by atoms with E-state index in [9.17, 15) is 0 Å². The molecular formula is C11H18N2. The smallest absolute Gasteiger partial charge is 0.0341 e. The third-order valence-corrected chi connectivity index (χ3v) is 2.03. The van der Waals surface area contributed by atoms with E-state index in [0.29, 0.717) is 0 Å². The van der Waals surface area contributed by atoms with E-state index in [1.165, 1.54) is 18.5 Å². The summed E-state index contributed by atoms with van der Waals surface area (Å²) in [5.41, 5.74) is 2.36. The Morgan fingerprint density at radius 2 is 1.69 bits per heavy atom. The molecule has 0 aliphatic heterocycles. The number of nitrogens with one attached hydrogen (secondary N) is 2. The van der Waals surface area contributed by atoms with Gasteiger partial charge in [0.1, 0.15) is 0 Å². The van der Waals surface area contributed by atoms with Crippen LogP contribution in [-0.4, -0.2) is 13.6 Å². The van der Waals surface area contributed by atoms with Crippen molar-refractivity contribution in [2.45, 2.75) is 19.8 Å². The summed E-state index contributed by atoms with van der Waals surface area (Å²) in [6.45, 7) is 3.27. The average Bonchev–Trinajstić information content (AvgIpc) is 2.19. The van der Waals surface area contributed by atoms with Gasteiger partial charge in [0.25, 0.3) is 0 Å². The van der Waals surface area contributed by atoms with Gasteiger partial charge in [0.15, 0.2) is 0 Å². The van der Waals surface area contributed by atoms with Crippen molar-refractivity contribution in [3.8, 4) is 0 Å². The Labute approximate surface area is 80.4 Å². The summed E-state index contributed by atoms with van der Waals surface area (Å²) in [4.78, 5) is 0. The monoisotopic (exact) mass is 178 g/mol. The first-order valence-electron chi connectivity index (χ1n) is 4.88. The minimum Gasteiger partial charge on any atom is -0.388 e. The summed E-state index contributed by atoms with van der Waals surface area (Å²) >= 11 is 0. The molecule has 0 aliphatic carbocycles. The number of hydrogen-bond acceptors (Lipinski definition) is 2. The number of rotatable bonds is 5. The highest BCUT2D eigenvalue weighted by atomic mass is 14.9. The van der Waals surface area contributed by atoms with E-state index in [1.807, 2.05) is 7.05 Å². The van der Waals surface area contributed by atoms with Crippen LogP contribution in [0.15, 0.2) is 24.3 Å². The molecule has 1 aromatic carbocycles. The topological polar surface area (TPSA) is 24.1 Å². The van der Waals surface area contributed by atoms with E-state index in [-0.39, 0.29) is 0 Å². The molecule has 0 amide bonds. The fraction of sp³-hybridized carbons (Fsp3) is 0.455. The van der Waals surface area contributed by atoms with E-state index >= 15 is 0 Å². The minimum atomic E-state index is 1.06. The lowest BCUT2D eigenvalue weighted by Gasteiger charge is -2.06. The lowest BCUT2D eigenvalue weighted by molar-refractivity contribution is 0.834. The summed E-state index contributed by atoms with van der Waals surface area (Å²) in [5.74, 6) is 0. The number of unbranched alkanes of at least 4 members (excludes halogenated alkanes) is 1. The predicted octanol–water partition coefficient (Wildman–Crippen LogP) is 2.94. The SMILES string of the molecule is CCCCNc1ccc(NC)cc1. The van der Waals surface area contributed by atoms with Gasteiger partial charge in [0.2, 0.25) is 0 Å². The molecule has 2 heteroatoms. The van der Waals surface area contributed by atoms with Crippen LogP contribution >= 0.6 is 0 Å². The van der Waals surface area contributed by atoms with Crippen molar-refractivity contribution >= 4 is 11.4 Å². The Morgan fingerprint density at radius 3 is 2.23 bits per heavy atom. The van der Waals surface area contributed by atoms with Crippen molar-refractivity contribution in [3.63, 3.8) is 0 Å². The molecule has 0 atom stereocenters. The summed E-state index contributed by atoms with van der Waals surface area (Å²) in [6.07, 6.45) is 2.47. The molecule has 2 nitrogen and oxygen atoms in total. The van der Waals surface area contributed by atoms with Gasteiger partial charge in [-0.2, -0.15) is 0 Å². The molecule has 72 valence electrons. The predicted molar refractivity (Wildman–Crippen MR) is 59.4 cm³/mol. The maximum absolute atomic E-state index is 3.37. The molecule has 0 aromatic heterocycles. The van der Waals surface area contributed by atoms with Gasteiger partial charge in [0.05, 0.1) is 0 Å². The zero-order valence-electron chi connectivity index (χ0n) is 8.43. The molecule has 0 spiro atoms. The zero-order valence-corrected chi connectivity index (χ0v) is 8.43. The fourth-order valence-corrected chi connectivity index (χ4v) is 1.16. The molecule has 0 unspecified atom stereocenters. The van der Waals surface area contributed by atoms with Crippen LogP contribution in [0.3, 0.4) is 0 Å². The molecular weight excluding hydrogens is 160 g/mol. The van der Waals surface area contributed by atoms with E-state index in [1.54, 1.807) is 0 Å². The van der Waals surface area contributed by atoms with Crippen LogP contribution in [0.25, 0.3) is 0 Å². The third-order valence-electron chi connectivity index (χ3n) is 2.03. The van der Waals surface area contributed by atoms with Crippen molar-refractivity contribution in [2.24, 2.45) is 0 Å². The molecule has 0 fully saturated rings. The van der Waals surface area contributed by atoms with Crippen molar-refractivity contribution in [2.75, 3.05) is 24.2 Å². The highest BCUT2D eigenvalue weighted by Gasteiger charge is 1.90. The highest BCUT2D eigenvalue weighted by Crippen LogP contribution is 2.12. The Hall–Kier alpha value is -1.18. The van der Waals surface area contributed by atoms with Gasteiger partial charge in [-0.15, -0.1) is 0 Å². The lowest BCUT2D eigenvalue weighted by atomic mass is 10.2. The maximum Gasteiger partial charge on any atom is 0.0341 e. The Kier molecular flexibility index (Phi) is 4.16. The van der Waals surface area contributed by atoms with E-state index in [2.05, 4.69) is 41.8 Å². The number of benzene rings is 1. The fourth-order valence-electron chi connectivity index (χ4n) is 1.16. The first kappa shape index (κ1) is 9.90. The molecule has 0 aliphatic rings. The molecule has 0 bridgehead atoms. The molecule has 1 rings (SSSR count). The Bertz CT molecular complexity index is 228. The standard InChI is InChI=1S/C11H18N2/c1-3-4-9-13-11-7-5-10(12-2)6-8-11/h5-8,12-13H,3-4,9H2,1-2H3. The quantitative estimate of drug-likeness (QED) is 0.677. The lowest BCUT2D eigenvalue weighted by Crippen LogP contribution is -2.00. The summed E-state index contributed by atoms with van der Waals surface area (Å²) in [6, 6.07) is 8.35. The van der Waals surface area contributed by atoms with Gasteiger partial charge in [0, 0.05) is 25.0 Å². The van der Waals surface area contributed by atoms with Crippen LogP contribution in [0.2, 0.25) is 0 Å². The van der Waals surface area contributed by atoms with Crippen molar-refractivity contribution < 1.29 is 0 Å². The first-order valence-corrected chi connectivity index (χ1v) is 4.88. The summed E-state index contributed by atoms with van der Waals surface area (Å²) < 4.78 is 0. The number of anilines is 2. The molecule has 0 radical (unpaired) electrons. The second-order valence-electron chi connectivity index (χ2n) is 3.11. The molecule has 0 saturated carbocycles. The van der Waals surface area contributed by atoms with Gasteiger partial charge in [-0.1, -0.05) is 13.3 Å². The van der Waals surface area contributed by atoms with E-state index < -0.39 is 0 Å². The van der Waals surface area contributed by atoms with E-state index in [4.69, 9.17) is 0 Å². The van der Waals surface area contributed by atoms with Crippen molar-refractivity contribution in [1.29, 1.82) is 0 Å². The Balaban J connectivity index is 2.40. The largest absolute Gasteiger partial charge is 0.388 e. The van der Waals surface area contributed by atoms with Crippen LogP contribution in [0, 0.1) is 0 Å². The zero-order chi connectivity index (χ0) is 9.52. The summed E-state index contributed by atoms with van der Waals surface area (Å²) in [7, 11) is 1.93. The van der Waals surface area contributed by atoms with Crippen molar-refractivity contribution in [1.82, 2.24) is 0 Å². The van der Waals surface area contributed by atoms with Crippen LogP contribution < -0.4 is 10.6 Å². The molecule has 13 heavy (non-hydrogen) atoms. The maximum atomic E-state index is 3.37. The normalized spacial score (nSPS) is 9.69.